The van der Waals surface area contributed by atoms with E-state index >= 15 is 0 Å². The summed E-state index contributed by atoms with van der Waals surface area (Å²) in [7, 11) is 0. The third-order valence-corrected chi connectivity index (χ3v) is 4.78. The van der Waals surface area contributed by atoms with E-state index in [2.05, 4.69) is 11.0 Å². The maximum Gasteiger partial charge on any atom is 0.241 e. The largest absolute Gasteiger partial charge is 0.396 e. The van der Waals surface area contributed by atoms with Crippen molar-refractivity contribution in [3.63, 3.8) is 0 Å². The van der Waals surface area contributed by atoms with Crippen LogP contribution in [0.3, 0.4) is 0 Å². The molecule has 2 aliphatic heterocycles. The maximum atomic E-state index is 12.7. The lowest BCUT2D eigenvalue weighted by Crippen LogP contribution is -2.48. The van der Waals surface area contributed by atoms with Crippen LogP contribution in [0.15, 0.2) is 24.3 Å². The molecule has 0 radical (unpaired) electrons. The Morgan fingerprint density at radius 2 is 2.00 bits per heavy atom. The number of nitrogens with two attached hydrogens (primary N) is 1. The lowest BCUT2D eigenvalue weighted by atomic mass is 9.93. The molecule has 0 saturated carbocycles. The van der Waals surface area contributed by atoms with Crippen LogP contribution >= 0.6 is 0 Å². The third-order valence-electron chi connectivity index (χ3n) is 4.78. The van der Waals surface area contributed by atoms with E-state index < -0.39 is 0 Å². The molecular weight excluding hydrogens is 278 g/mol. The van der Waals surface area contributed by atoms with Crippen LogP contribution in [0.25, 0.3) is 0 Å². The van der Waals surface area contributed by atoms with Gasteiger partial charge >= 0.3 is 0 Å². The summed E-state index contributed by atoms with van der Waals surface area (Å²) in [6, 6.07) is 8.30. The van der Waals surface area contributed by atoms with Gasteiger partial charge < -0.3 is 15.7 Å². The molecule has 5 nitrogen and oxygen atoms in total. The predicted molar refractivity (Wildman–Crippen MR) is 86.7 cm³/mol. The molecule has 0 bridgehead atoms. The van der Waals surface area contributed by atoms with Gasteiger partial charge in [0, 0.05) is 43.9 Å². The van der Waals surface area contributed by atoms with E-state index in [-0.39, 0.29) is 24.5 Å². The summed E-state index contributed by atoms with van der Waals surface area (Å²) in [4.78, 5) is 16.8. The molecule has 120 valence electrons. The van der Waals surface area contributed by atoms with Crippen molar-refractivity contribution in [3.05, 3.63) is 29.8 Å². The minimum absolute atomic E-state index is 0.122. The summed E-state index contributed by atoms with van der Waals surface area (Å²) in [6.45, 7) is 2.97. The number of para-hydroxylation sites is 1. The van der Waals surface area contributed by atoms with Gasteiger partial charge in [-0.05, 0) is 30.9 Å². The van der Waals surface area contributed by atoms with Crippen molar-refractivity contribution < 1.29 is 9.90 Å². The first-order valence-electron chi connectivity index (χ1n) is 8.14. The third kappa shape index (κ3) is 3.32. The number of benzene rings is 1. The number of hydrogen-bond donors (Lipinski definition) is 2. The number of carbonyl (C=O) groups excluding carboxylic acids is 1. The Bertz CT molecular complexity index is 526. The summed E-state index contributed by atoms with van der Waals surface area (Å²) >= 11 is 0. The molecule has 1 fully saturated rings. The highest BCUT2D eigenvalue weighted by molar-refractivity contribution is 5.96. The van der Waals surface area contributed by atoms with Gasteiger partial charge in [0.25, 0.3) is 0 Å². The van der Waals surface area contributed by atoms with Crippen LogP contribution in [0.4, 0.5) is 5.69 Å². The fraction of sp³-hybridized carbons (Fsp3) is 0.588. The SMILES string of the molecule is NC1CCN(CC(=O)N2CC(CO)Cc3ccccc32)CC1. The van der Waals surface area contributed by atoms with Gasteiger partial charge in [-0.3, -0.25) is 9.69 Å². The molecule has 1 amide bonds. The fourth-order valence-corrected chi connectivity index (χ4v) is 3.43. The van der Waals surface area contributed by atoms with Crippen LogP contribution < -0.4 is 10.6 Å². The van der Waals surface area contributed by atoms with E-state index in [1.54, 1.807) is 0 Å². The number of rotatable bonds is 3. The molecule has 1 aromatic carbocycles. The summed E-state index contributed by atoms with van der Waals surface area (Å²) in [5.74, 6) is 0.259. The number of amides is 1. The van der Waals surface area contributed by atoms with Crippen LogP contribution in [-0.2, 0) is 11.2 Å². The average Bonchev–Trinajstić information content (AvgIpc) is 2.55. The Hall–Kier alpha value is -1.43. The van der Waals surface area contributed by atoms with E-state index in [4.69, 9.17) is 5.73 Å². The van der Waals surface area contributed by atoms with Gasteiger partial charge in [0.15, 0.2) is 0 Å². The second kappa shape index (κ2) is 6.77. The quantitative estimate of drug-likeness (QED) is 0.858. The van der Waals surface area contributed by atoms with E-state index in [0.29, 0.717) is 13.1 Å². The number of likely N-dealkylation sites (tertiary alicyclic amines) is 1. The average molecular weight is 303 g/mol. The lowest BCUT2D eigenvalue weighted by Gasteiger charge is -2.36. The zero-order valence-electron chi connectivity index (χ0n) is 12.9. The van der Waals surface area contributed by atoms with Crippen LogP contribution in [0.1, 0.15) is 18.4 Å². The van der Waals surface area contributed by atoms with Gasteiger partial charge in [0.2, 0.25) is 5.91 Å². The van der Waals surface area contributed by atoms with E-state index in [1.165, 1.54) is 0 Å². The molecule has 1 aromatic rings. The molecule has 0 aromatic heterocycles. The van der Waals surface area contributed by atoms with Gasteiger partial charge in [-0.25, -0.2) is 0 Å². The van der Waals surface area contributed by atoms with Crippen molar-refractivity contribution in [1.82, 2.24) is 4.90 Å². The molecule has 22 heavy (non-hydrogen) atoms. The molecule has 3 rings (SSSR count). The zero-order valence-corrected chi connectivity index (χ0v) is 12.9. The van der Waals surface area contributed by atoms with Crippen LogP contribution in [-0.4, -0.2) is 54.7 Å². The van der Waals surface area contributed by atoms with Gasteiger partial charge in [-0.2, -0.15) is 0 Å². The topological polar surface area (TPSA) is 69.8 Å². The summed E-state index contributed by atoms with van der Waals surface area (Å²) in [6.07, 6.45) is 2.77. The smallest absolute Gasteiger partial charge is 0.241 e. The van der Waals surface area contributed by atoms with Crippen molar-refractivity contribution in [1.29, 1.82) is 0 Å². The van der Waals surface area contributed by atoms with Crippen molar-refractivity contribution >= 4 is 11.6 Å². The second-order valence-corrected chi connectivity index (χ2v) is 6.50. The maximum absolute atomic E-state index is 12.7. The number of hydrogen-bond acceptors (Lipinski definition) is 4. The van der Waals surface area contributed by atoms with Crippen molar-refractivity contribution in [2.24, 2.45) is 11.7 Å². The predicted octanol–water partition coefficient (Wildman–Crippen LogP) is 0.607. The number of fused-ring (bicyclic) bond motifs is 1. The number of aliphatic hydroxyl groups is 1. The lowest BCUT2D eigenvalue weighted by molar-refractivity contribution is -0.120. The minimum Gasteiger partial charge on any atom is -0.396 e. The molecular formula is C17H25N3O2. The van der Waals surface area contributed by atoms with Crippen LogP contribution in [0, 0.1) is 5.92 Å². The van der Waals surface area contributed by atoms with E-state index in [1.807, 2.05) is 23.1 Å². The monoisotopic (exact) mass is 303 g/mol. The highest BCUT2D eigenvalue weighted by Crippen LogP contribution is 2.29. The molecule has 2 heterocycles. The van der Waals surface area contributed by atoms with Crippen LogP contribution in [0.5, 0.6) is 0 Å². The molecule has 3 N–H and O–H groups in total. The fourth-order valence-electron chi connectivity index (χ4n) is 3.43. The number of piperidine rings is 1. The molecule has 1 saturated heterocycles. The molecule has 1 atom stereocenters. The van der Waals surface area contributed by atoms with Gasteiger partial charge in [0.05, 0.1) is 6.54 Å². The number of aliphatic hydroxyl groups excluding tert-OH is 1. The molecule has 0 spiro atoms. The van der Waals surface area contributed by atoms with Crippen molar-refractivity contribution in [2.45, 2.75) is 25.3 Å². The van der Waals surface area contributed by atoms with Crippen molar-refractivity contribution in [2.75, 3.05) is 37.7 Å². The molecule has 5 heteroatoms. The number of carbonyl (C=O) groups is 1. The first-order chi connectivity index (χ1) is 10.7. The van der Waals surface area contributed by atoms with Gasteiger partial charge in [0.1, 0.15) is 0 Å². The normalized spacial score (nSPS) is 23.4. The van der Waals surface area contributed by atoms with E-state index in [0.717, 1.165) is 43.6 Å². The number of anilines is 1. The summed E-state index contributed by atoms with van der Waals surface area (Å²) < 4.78 is 0. The van der Waals surface area contributed by atoms with Crippen molar-refractivity contribution in [3.8, 4) is 0 Å². The molecule has 1 unspecified atom stereocenters. The molecule has 0 aliphatic carbocycles. The first-order valence-corrected chi connectivity index (χ1v) is 8.14. The molecule has 2 aliphatic rings. The van der Waals surface area contributed by atoms with Crippen LogP contribution in [0.2, 0.25) is 0 Å². The highest BCUT2D eigenvalue weighted by atomic mass is 16.3. The Morgan fingerprint density at radius 3 is 2.73 bits per heavy atom. The number of nitrogens with zero attached hydrogens (tertiary/aromatic N) is 2. The standard InChI is InChI=1S/C17H25N3O2/c18-15-5-7-19(8-6-15)11-17(22)20-10-13(12-21)9-14-3-1-2-4-16(14)20/h1-4,13,15,21H,5-12,18H2. The highest BCUT2D eigenvalue weighted by Gasteiger charge is 2.29. The Morgan fingerprint density at radius 1 is 1.27 bits per heavy atom. The first kappa shape index (κ1) is 15.5. The summed E-state index contributed by atoms with van der Waals surface area (Å²) in [5.41, 5.74) is 8.08. The Kier molecular flexibility index (Phi) is 4.76. The Balaban J connectivity index is 1.71. The zero-order chi connectivity index (χ0) is 15.5. The van der Waals surface area contributed by atoms with Gasteiger partial charge in [-0.15, -0.1) is 0 Å². The van der Waals surface area contributed by atoms with E-state index in [9.17, 15) is 9.90 Å². The Labute approximate surface area is 131 Å². The van der Waals surface area contributed by atoms with Gasteiger partial charge in [-0.1, -0.05) is 18.2 Å². The minimum atomic E-state index is 0.122. The summed E-state index contributed by atoms with van der Waals surface area (Å²) in [5, 5.41) is 9.50. The second-order valence-electron chi connectivity index (χ2n) is 6.50.